The van der Waals surface area contributed by atoms with Gasteiger partial charge in [0.1, 0.15) is 0 Å². The largest absolute Gasteiger partial charge is 0.349 e. The smallest absolute Gasteiger partial charge is 0.251 e. The number of amides is 1. The zero-order valence-electron chi connectivity index (χ0n) is 10.9. The first-order valence-electron chi connectivity index (χ1n) is 6.05. The molecule has 0 spiro atoms. The highest BCUT2D eigenvalue weighted by molar-refractivity contribution is 5.94. The minimum Gasteiger partial charge on any atom is -0.349 e. The van der Waals surface area contributed by atoms with Crippen LogP contribution >= 0.6 is 0 Å². The average Bonchev–Trinajstić information content (AvgIpc) is 2.32. The second-order valence-electron chi connectivity index (χ2n) is 5.55. The Bertz CT molecular complexity index is 533. The number of carbonyl (C=O) groups excluding carboxylic acids is 1. The van der Waals surface area contributed by atoms with E-state index >= 15 is 0 Å². The fraction of sp³-hybridized carbons (Fsp3) is 0.538. The molecule has 1 fully saturated rings. The first kappa shape index (κ1) is 12.8. The Labute approximate surface area is 106 Å². The van der Waals surface area contributed by atoms with Crippen LogP contribution in [0.25, 0.3) is 0 Å². The van der Waals surface area contributed by atoms with Gasteiger partial charge in [-0.2, -0.15) is 0 Å². The molecule has 1 aliphatic rings. The van der Waals surface area contributed by atoms with E-state index in [-0.39, 0.29) is 29.0 Å². The van der Waals surface area contributed by atoms with Crippen molar-refractivity contribution in [3.05, 3.63) is 34.2 Å². The highest BCUT2D eigenvalue weighted by Crippen LogP contribution is 2.39. The maximum atomic E-state index is 12.0. The number of aryl methyl sites for hydroxylation is 1. The Balaban J connectivity index is 2.09. The van der Waals surface area contributed by atoms with Crippen molar-refractivity contribution in [2.75, 3.05) is 0 Å². The average molecular weight is 249 g/mol. The summed E-state index contributed by atoms with van der Waals surface area (Å²) in [5.41, 5.74) is 6.02. The number of aromatic nitrogens is 1. The highest BCUT2D eigenvalue weighted by Gasteiger charge is 2.46. The maximum absolute atomic E-state index is 12.0. The van der Waals surface area contributed by atoms with Crippen molar-refractivity contribution in [1.82, 2.24) is 9.88 Å². The first-order chi connectivity index (χ1) is 8.32. The maximum Gasteiger partial charge on any atom is 0.251 e. The summed E-state index contributed by atoms with van der Waals surface area (Å²) in [6.45, 7) is 4.08. The first-order valence-corrected chi connectivity index (χ1v) is 6.05. The molecule has 2 atom stereocenters. The van der Waals surface area contributed by atoms with E-state index in [9.17, 15) is 9.59 Å². The van der Waals surface area contributed by atoms with Gasteiger partial charge in [-0.25, -0.2) is 0 Å². The molecule has 1 aromatic rings. The van der Waals surface area contributed by atoms with Crippen molar-refractivity contribution in [3.63, 3.8) is 0 Å². The van der Waals surface area contributed by atoms with Crippen LogP contribution in [0.3, 0.4) is 0 Å². The van der Waals surface area contributed by atoms with Gasteiger partial charge >= 0.3 is 0 Å². The third kappa shape index (κ3) is 2.06. The SMILES string of the molecule is Cn1ccc(C(=O)NC2CC(N)C2(C)C)cc1=O. The van der Waals surface area contributed by atoms with Gasteiger partial charge < -0.3 is 15.6 Å². The van der Waals surface area contributed by atoms with Gasteiger partial charge in [-0.15, -0.1) is 0 Å². The summed E-state index contributed by atoms with van der Waals surface area (Å²) in [6.07, 6.45) is 2.37. The number of nitrogens with one attached hydrogen (secondary N) is 1. The predicted molar refractivity (Wildman–Crippen MR) is 69.3 cm³/mol. The van der Waals surface area contributed by atoms with Crippen LogP contribution < -0.4 is 16.6 Å². The summed E-state index contributed by atoms with van der Waals surface area (Å²) in [7, 11) is 1.65. The third-order valence-electron chi connectivity index (χ3n) is 4.02. The zero-order chi connectivity index (χ0) is 13.5. The molecular weight excluding hydrogens is 230 g/mol. The number of hydrogen-bond donors (Lipinski definition) is 2. The van der Waals surface area contributed by atoms with Crippen molar-refractivity contribution in [3.8, 4) is 0 Å². The zero-order valence-corrected chi connectivity index (χ0v) is 10.9. The molecule has 1 aliphatic carbocycles. The number of nitrogens with zero attached hydrogens (tertiary/aromatic N) is 1. The van der Waals surface area contributed by atoms with Crippen molar-refractivity contribution in [2.24, 2.45) is 18.2 Å². The topological polar surface area (TPSA) is 77.1 Å². The molecule has 0 aliphatic heterocycles. The minimum absolute atomic E-state index is 0.0732. The van der Waals surface area contributed by atoms with E-state index in [0.29, 0.717) is 5.56 Å². The molecule has 0 saturated heterocycles. The van der Waals surface area contributed by atoms with E-state index in [4.69, 9.17) is 5.73 Å². The van der Waals surface area contributed by atoms with E-state index in [1.807, 2.05) is 13.8 Å². The number of nitrogens with two attached hydrogens (primary N) is 1. The standard InChI is InChI=1S/C13H19N3O2/c1-13(2)9(14)7-10(13)15-12(18)8-4-5-16(3)11(17)6-8/h4-6,9-10H,7,14H2,1-3H3,(H,15,18). The number of carbonyl (C=O) groups is 1. The van der Waals surface area contributed by atoms with Crippen LogP contribution in [0.15, 0.2) is 23.1 Å². The molecule has 0 bridgehead atoms. The minimum atomic E-state index is -0.210. The molecule has 5 heteroatoms. The van der Waals surface area contributed by atoms with E-state index in [2.05, 4.69) is 5.32 Å². The third-order valence-corrected chi connectivity index (χ3v) is 4.02. The lowest BCUT2D eigenvalue weighted by Crippen LogP contribution is -2.64. The summed E-state index contributed by atoms with van der Waals surface area (Å²) < 4.78 is 1.43. The summed E-state index contributed by atoms with van der Waals surface area (Å²) in [5.74, 6) is -0.210. The van der Waals surface area contributed by atoms with Crippen molar-refractivity contribution in [2.45, 2.75) is 32.4 Å². The summed E-state index contributed by atoms with van der Waals surface area (Å²) in [4.78, 5) is 23.5. The lowest BCUT2D eigenvalue weighted by molar-refractivity contribution is 0.0586. The second-order valence-corrected chi connectivity index (χ2v) is 5.55. The Hall–Kier alpha value is -1.62. The van der Waals surface area contributed by atoms with Crippen molar-refractivity contribution in [1.29, 1.82) is 0 Å². The van der Waals surface area contributed by atoms with Crippen LogP contribution in [0, 0.1) is 5.41 Å². The van der Waals surface area contributed by atoms with E-state index in [1.54, 1.807) is 19.3 Å². The van der Waals surface area contributed by atoms with Gasteiger partial charge in [0.25, 0.3) is 11.5 Å². The molecule has 1 aromatic heterocycles. The van der Waals surface area contributed by atoms with Crippen LogP contribution in [0.5, 0.6) is 0 Å². The molecule has 2 rings (SSSR count). The van der Waals surface area contributed by atoms with Gasteiger partial charge in [-0.05, 0) is 12.5 Å². The molecular formula is C13H19N3O2. The van der Waals surface area contributed by atoms with Crippen molar-refractivity contribution < 1.29 is 4.79 Å². The van der Waals surface area contributed by atoms with Gasteiger partial charge in [0.2, 0.25) is 0 Å². The molecule has 5 nitrogen and oxygen atoms in total. The fourth-order valence-electron chi connectivity index (χ4n) is 2.14. The molecule has 1 amide bonds. The van der Waals surface area contributed by atoms with E-state index < -0.39 is 0 Å². The van der Waals surface area contributed by atoms with Gasteiger partial charge in [0.05, 0.1) is 0 Å². The lowest BCUT2D eigenvalue weighted by Gasteiger charge is -2.50. The molecule has 2 unspecified atom stereocenters. The molecule has 1 heterocycles. The lowest BCUT2D eigenvalue weighted by atomic mass is 9.63. The van der Waals surface area contributed by atoms with Gasteiger partial charge in [-0.3, -0.25) is 9.59 Å². The van der Waals surface area contributed by atoms with Crippen molar-refractivity contribution >= 4 is 5.91 Å². The van der Waals surface area contributed by atoms with Crippen LogP contribution in [-0.4, -0.2) is 22.6 Å². The predicted octanol–water partition coefficient (Wildman–Crippen LogP) is 0.241. The Morgan fingerprint density at radius 2 is 2.22 bits per heavy atom. The summed E-state index contributed by atoms with van der Waals surface area (Å²) in [5, 5.41) is 2.93. The van der Waals surface area contributed by atoms with Gasteiger partial charge in [0, 0.05) is 42.4 Å². The van der Waals surface area contributed by atoms with Gasteiger partial charge in [-0.1, -0.05) is 13.8 Å². The summed E-state index contributed by atoms with van der Waals surface area (Å²) >= 11 is 0. The molecule has 98 valence electrons. The van der Waals surface area contributed by atoms with Crippen LogP contribution in [-0.2, 0) is 7.05 Å². The molecule has 0 aromatic carbocycles. The highest BCUT2D eigenvalue weighted by atomic mass is 16.2. The summed E-state index contributed by atoms with van der Waals surface area (Å²) in [6, 6.07) is 3.18. The van der Waals surface area contributed by atoms with E-state index in [1.165, 1.54) is 10.6 Å². The Kier molecular flexibility index (Phi) is 3.02. The van der Waals surface area contributed by atoms with Gasteiger partial charge in [0.15, 0.2) is 0 Å². The Morgan fingerprint density at radius 3 is 2.72 bits per heavy atom. The molecule has 0 radical (unpaired) electrons. The van der Waals surface area contributed by atoms with E-state index in [0.717, 1.165) is 6.42 Å². The molecule has 18 heavy (non-hydrogen) atoms. The number of pyridine rings is 1. The number of rotatable bonds is 2. The normalized spacial score (nSPS) is 25.3. The Morgan fingerprint density at radius 1 is 1.56 bits per heavy atom. The molecule has 1 saturated carbocycles. The number of hydrogen-bond acceptors (Lipinski definition) is 3. The monoisotopic (exact) mass is 249 g/mol. The van der Waals surface area contributed by atoms with Crippen LogP contribution in [0.2, 0.25) is 0 Å². The second kappa shape index (κ2) is 4.24. The quantitative estimate of drug-likeness (QED) is 0.788. The van der Waals surface area contributed by atoms with Crippen LogP contribution in [0.4, 0.5) is 0 Å². The van der Waals surface area contributed by atoms with Crippen LogP contribution in [0.1, 0.15) is 30.6 Å². The molecule has 3 N–H and O–H groups in total. The fourth-order valence-corrected chi connectivity index (χ4v) is 2.14.